The van der Waals surface area contributed by atoms with Crippen molar-refractivity contribution in [3.63, 3.8) is 0 Å². The van der Waals surface area contributed by atoms with Gasteiger partial charge in [0.05, 0.1) is 0 Å². The molecule has 2 nitrogen and oxygen atoms in total. The second-order valence-electron chi connectivity index (χ2n) is 2.40. The Morgan fingerprint density at radius 3 is 2.50 bits per heavy atom. The fourth-order valence-electron chi connectivity index (χ4n) is 0.958. The summed E-state index contributed by atoms with van der Waals surface area (Å²) in [6.07, 6.45) is 0.937. The zero-order chi connectivity index (χ0) is 8.81. The van der Waals surface area contributed by atoms with Gasteiger partial charge >= 0.3 is 0 Å². The predicted molar refractivity (Wildman–Crippen MR) is 54.6 cm³/mol. The van der Waals surface area contributed by atoms with Gasteiger partial charge in [0.15, 0.2) is 0 Å². The van der Waals surface area contributed by atoms with Gasteiger partial charge in [-0.2, -0.15) is 0 Å². The Morgan fingerprint density at radius 1 is 1.33 bits per heavy atom. The number of hydrogen-bond acceptors (Lipinski definition) is 3. The summed E-state index contributed by atoms with van der Waals surface area (Å²) in [5.74, 6) is 0. The van der Waals surface area contributed by atoms with Gasteiger partial charge in [0.2, 0.25) is 0 Å². The largest absolute Gasteiger partial charge is 0.330 e. The summed E-state index contributed by atoms with van der Waals surface area (Å²) in [5.41, 5.74) is 6.69. The number of hydrogen-bond donors (Lipinski definition) is 1. The maximum atomic E-state index is 5.42. The Labute approximate surface area is 77.0 Å². The van der Waals surface area contributed by atoms with Crippen molar-refractivity contribution in [1.82, 2.24) is 0 Å². The molecule has 1 aromatic carbocycles. The molecule has 1 rings (SSSR count). The molecule has 0 aliphatic rings. The third-order valence-electron chi connectivity index (χ3n) is 1.53. The first-order valence-corrected chi connectivity index (χ1v) is 4.56. The molecule has 0 heterocycles. The molecule has 0 fully saturated rings. The smallest absolute Gasteiger partial charge is 0.0305 e. The molecule has 0 aliphatic heterocycles. The van der Waals surface area contributed by atoms with Gasteiger partial charge in [0.1, 0.15) is 0 Å². The van der Waals surface area contributed by atoms with Crippen molar-refractivity contribution >= 4 is 18.7 Å². The van der Waals surface area contributed by atoms with Crippen molar-refractivity contribution in [2.75, 3.05) is 6.54 Å². The van der Waals surface area contributed by atoms with Crippen LogP contribution in [0.25, 0.3) is 0 Å². The lowest BCUT2D eigenvalue weighted by atomic mass is 10.2. The van der Waals surface area contributed by atoms with E-state index in [0.29, 0.717) is 6.54 Å². The van der Waals surface area contributed by atoms with Gasteiger partial charge in [-0.25, -0.2) is 4.40 Å². The van der Waals surface area contributed by atoms with E-state index in [0.717, 1.165) is 11.3 Å². The van der Waals surface area contributed by atoms with E-state index in [1.807, 2.05) is 12.1 Å². The van der Waals surface area contributed by atoms with Crippen LogP contribution in [0.3, 0.4) is 0 Å². The highest BCUT2D eigenvalue weighted by Gasteiger charge is 1.92. The number of rotatable bonds is 4. The van der Waals surface area contributed by atoms with Crippen molar-refractivity contribution < 1.29 is 0 Å². The zero-order valence-corrected chi connectivity index (χ0v) is 7.68. The average Bonchev–Trinajstić information content (AvgIpc) is 2.09. The van der Waals surface area contributed by atoms with Gasteiger partial charge in [-0.15, -0.1) is 0 Å². The number of nitrogens with two attached hydrogens (primary N) is 1. The van der Waals surface area contributed by atoms with Crippen LogP contribution in [0.2, 0.25) is 0 Å². The molecule has 0 saturated carbocycles. The van der Waals surface area contributed by atoms with E-state index in [-0.39, 0.29) is 0 Å². The molecule has 0 radical (unpaired) electrons. The molecule has 0 spiro atoms. The lowest BCUT2D eigenvalue weighted by Gasteiger charge is -1.98. The molecule has 0 saturated heterocycles. The fourth-order valence-corrected chi connectivity index (χ4v) is 1.37. The first-order valence-electron chi connectivity index (χ1n) is 3.79. The molecule has 64 valence electrons. The molecule has 0 unspecified atom stereocenters. The Hall–Kier alpha value is -0.800. The van der Waals surface area contributed by atoms with Crippen LogP contribution < -0.4 is 5.73 Å². The third-order valence-corrected chi connectivity index (χ3v) is 2.14. The van der Waals surface area contributed by atoms with Crippen LogP contribution in [0.5, 0.6) is 0 Å². The zero-order valence-electron chi connectivity index (χ0n) is 6.86. The third kappa shape index (κ3) is 2.68. The second kappa shape index (κ2) is 4.95. The standard InChI is InChI=1S/C9H12N2S/c1-11-12-9-4-2-8(3-5-9)6-7-10/h2-5H,1,6-7,10H2. The lowest BCUT2D eigenvalue weighted by Crippen LogP contribution is -2.02. The Kier molecular flexibility index (Phi) is 3.84. The van der Waals surface area contributed by atoms with Crippen LogP contribution in [0.15, 0.2) is 33.6 Å². The topological polar surface area (TPSA) is 38.4 Å². The molecule has 12 heavy (non-hydrogen) atoms. The first kappa shape index (κ1) is 9.29. The van der Waals surface area contributed by atoms with Crippen LogP contribution in [-0.4, -0.2) is 13.3 Å². The highest BCUT2D eigenvalue weighted by atomic mass is 32.2. The van der Waals surface area contributed by atoms with Crippen molar-refractivity contribution in [1.29, 1.82) is 0 Å². The maximum Gasteiger partial charge on any atom is 0.0305 e. The minimum absolute atomic E-state index is 0.701. The van der Waals surface area contributed by atoms with Gasteiger partial charge < -0.3 is 5.73 Å². The minimum atomic E-state index is 0.701. The van der Waals surface area contributed by atoms with Gasteiger partial charge in [-0.05, 0) is 37.4 Å². The maximum absolute atomic E-state index is 5.42. The van der Waals surface area contributed by atoms with E-state index in [4.69, 9.17) is 5.73 Å². The van der Waals surface area contributed by atoms with Crippen LogP contribution in [0.4, 0.5) is 0 Å². The van der Waals surface area contributed by atoms with Gasteiger partial charge in [0, 0.05) is 16.8 Å². The van der Waals surface area contributed by atoms with Crippen LogP contribution in [-0.2, 0) is 6.42 Å². The number of nitrogens with zero attached hydrogens (tertiary/aromatic N) is 1. The molecular weight excluding hydrogens is 168 g/mol. The summed E-state index contributed by atoms with van der Waals surface area (Å²) in [6, 6.07) is 8.20. The predicted octanol–water partition coefficient (Wildman–Crippen LogP) is 1.90. The van der Waals surface area contributed by atoms with Crippen LogP contribution in [0, 0.1) is 0 Å². The molecule has 0 atom stereocenters. The van der Waals surface area contributed by atoms with E-state index in [2.05, 4.69) is 23.2 Å². The van der Waals surface area contributed by atoms with E-state index in [9.17, 15) is 0 Å². The van der Waals surface area contributed by atoms with Gasteiger partial charge in [-0.1, -0.05) is 12.1 Å². The Morgan fingerprint density at radius 2 is 2.00 bits per heavy atom. The van der Waals surface area contributed by atoms with Gasteiger partial charge in [0.25, 0.3) is 0 Å². The summed E-state index contributed by atoms with van der Waals surface area (Å²) >= 11 is 1.38. The van der Waals surface area contributed by atoms with E-state index in [1.54, 1.807) is 0 Å². The lowest BCUT2D eigenvalue weighted by molar-refractivity contribution is 0.966. The highest BCUT2D eigenvalue weighted by Crippen LogP contribution is 2.18. The fraction of sp³-hybridized carbons (Fsp3) is 0.222. The van der Waals surface area contributed by atoms with Crippen molar-refractivity contribution in [2.24, 2.45) is 10.1 Å². The summed E-state index contributed by atoms with van der Waals surface area (Å²) < 4.78 is 3.72. The van der Waals surface area contributed by atoms with E-state index in [1.165, 1.54) is 17.5 Å². The molecule has 1 aromatic rings. The summed E-state index contributed by atoms with van der Waals surface area (Å²) in [4.78, 5) is 1.12. The molecule has 0 aromatic heterocycles. The SMILES string of the molecule is C=NSc1ccc(CCN)cc1. The summed E-state index contributed by atoms with van der Waals surface area (Å²) in [7, 11) is 0. The van der Waals surface area contributed by atoms with Crippen LogP contribution >= 0.6 is 11.9 Å². The monoisotopic (exact) mass is 180 g/mol. The van der Waals surface area contributed by atoms with Crippen LogP contribution in [0.1, 0.15) is 5.56 Å². The molecule has 0 aliphatic carbocycles. The van der Waals surface area contributed by atoms with Crippen molar-refractivity contribution in [3.8, 4) is 0 Å². The molecule has 2 N–H and O–H groups in total. The summed E-state index contributed by atoms with van der Waals surface area (Å²) in [5, 5.41) is 0. The van der Waals surface area contributed by atoms with Gasteiger partial charge in [-0.3, -0.25) is 0 Å². The highest BCUT2D eigenvalue weighted by molar-refractivity contribution is 7.98. The summed E-state index contributed by atoms with van der Waals surface area (Å²) in [6.45, 7) is 4.11. The normalized spacial score (nSPS) is 9.75. The van der Waals surface area contributed by atoms with E-state index >= 15 is 0 Å². The molecular formula is C9H12N2S. The first-order chi connectivity index (χ1) is 5.86. The quantitative estimate of drug-likeness (QED) is 0.567. The van der Waals surface area contributed by atoms with E-state index < -0.39 is 0 Å². The minimum Gasteiger partial charge on any atom is -0.330 e. The number of benzene rings is 1. The average molecular weight is 180 g/mol. The van der Waals surface area contributed by atoms with Crippen molar-refractivity contribution in [2.45, 2.75) is 11.3 Å². The second-order valence-corrected chi connectivity index (χ2v) is 3.32. The molecule has 3 heteroatoms. The Bertz CT molecular complexity index is 243. The molecule has 0 bridgehead atoms. The van der Waals surface area contributed by atoms with Crippen molar-refractivity contribution in [3.05, 3.63) is 29.8 Å². The Balaban J connectivity index is 2.64. The molecule has 0 amide bonds.